The lowest BCUT2D eigenvalue weighted by Gasteiger charge is -2.11. The van der Waals surface area contributed by atoms with Crippen molar-refractivity contribution >= 4 is 22.4 Å². The Morgan fingerprint density at radius 3 is 2.67 bits per heavy atom. The van der Waals surface area contributed by atoms with Gasteiger partial charge in [0.15, 0.2) is 0 Å². The maximum Gasteiger partial charge on any atom is 0.253 e. The fourth-order valence-corrected chi connectivity index (χ4v) is 2.00. The van der Waals surface area contributed by atoms with Crippen LogP contribution in [0.1, 0.15) is 23.7 Å². The van der Waals surface area contributed by atoms with Crippen LogP contribution in [-0.4, -0.2) is 35.2 Å². The summed E-state index contributed by atoms with van der Waals surface area (Å²) in [6, 6.07) is 7.35. The fraction of sp³-hybridized carbons (Fsp3) is 0.462. The van der Waals surface area contributed by atoms with E-state index < -0.39 is 10.8 Å². The third-order valence-electron chi connectivity index (χ3n) is 2.84. The van der Waals surface area contributed by atoms with Gasteiger partial charge in [-0.1, -0.05) is 19.1 Å². The zero-order valence-electron chi connectivity index (χ0n) is 11.0. The van der Waals surface area contributed by atoms with Crippen LogP contribution >= 0.6 is 0 Å². The maximum absolute atomic E-state index is 11.9. The summed E-state index contributed by atoms with van der Waals surface area (Å²) in [5, 5.41) is 5.93. The van der Waals surface area contributed by atoms with E-state index in [4.69, 9.17) is 0 Å². The number of carbonyl (C=O) groups excluding carboxylic acids is 1. The Morgan fingerprint density at radius 1 is 1.39 bits per heavy atom. The summed E-state index contributed by atoms with van der Waals surface area (Å²) in [6.07, 6.45) is 2.40. The quantitative estimate of drug-likeness (QED) is 0.824. The molecule has 1 amide bonds. The molecule has 1 rings (SSSR count). The van der Waals surface area contributed by atoms with E-state index in [1.165, 1.54) is 0 Å². The molecule has 4 nitrogen and oxygen atoms in total. The summed E-state index contributed by atoms with van der Waals surface area (Å²) in [7, 11) is 0.947. The molecule has 0 bridgehead atoms. The van der Waals surface area contributed by atoms with E-state index in [0.717, 1.165) is 12.1 Å². The normalized spacial score (nSPS) is 13.7. The van der Waals surface area contributed by atoms with Gasteiger partial charge in [0.25, 0.3) is 5.91 Å². The standard InChI is InChI=1S/C13H20N2O2S/c1-10(18(3)17)8-9-15-13(16)11-6-4-5-7-12(11)14-2/h4-7,10,14H,8-9H2,1-3H3,(H,15,16). The molecule has 1 aromatic rings. The summed E-state index contributed by atoms with van der Waals surface area (Å²) in [5.74, 6) is -0.103. The molecule has 0 radical (unpaired) electrons. The number of nitrogens with one attached hydrogen (secondary N) is 2. The predicted octanol–water partition coefficient (Wildman–Crippen LogP) is 1.62. The summed E-state index contributed by atoms with van der Waals surface area (Å²) in [4.78, 5) is 11.9. The van der Waals surface area contributed by atoms with E-state index in [0.29, 0.717) is 12.1 Å². The number of hydrogen-bond acceptors (Lipinski definition) is 3. The third kappa shape index (κ3) is 4.14. The third-order valence-corrected chi connectivity index (χ3v) is 4.21. The lowest BCUT2D eigenvalue weighted by molar-refractivity contribution is 0.0954. The second-order valence-electron chi connectivity index (χ2n) is 4.15. The van der Waals surface area contributed by atoms with Gasteiger partial charge in [-0.15, -0.1) is 0 Å². The minimum absolute atomic E-state index is 0.102. The lowest BCUT2D eigenvalue weighted by atomic mass is 10.1. The SMILES string of the molecule is CNc1ccccc1C(=O)NCCC(C)S(C)=O. The van der Waals surface area contributed by atoms with Gasteiger partial charge in [-0.05, 0) is 18.6 Å². The number of amides is 1. The molecule has 0 fully saturated rings. The van der Waals surface area contributed by atoms with Gasteiger partial charge in [0.2, 0.25) is 0 Å². The number of hydrogen-bond donors (Lipinski definition) is 2. The highest BCUT2D eigenvalue weighted by molar-refractivity contribution is 7.84. The predicted molar refractivity (Wildman–Crippen MR) is 76.5 cm³/mol. The molecule has 5 heteroatoms. The Bertz CT molecular complexity index is 435. The molecule has 1 aromatic carbocycles. The molecule has 0 aliphatic carbocycles. The van der Waals surface area contributed by atoms with Crippen molar-refractivity contribution in [3.05, 3.63) is 29.8 Å². The van der Waals surface area contributed by atoms with Crippen LogP contribution in [0.4, 0.5) is 5.69 Å². The van der Waals surface area contributed by atoms with Crippen molar-refractivity contribution in [1.29, 1.82) is 0 Å². The summed E-state index contributed by atoms with van der Waals surface area (Å²) in [6.45, 7) is 2.46. The zero-order chi connectivity index (χ0) is 13.5. The van der Waals surface area contributed by atoms with Crippen molar-refractivity contribution in [1.82, 2.24) is 5.32 Å². The molecule has 2 N–H and O–H groups in total. The van der Waals surface area contributed by atoms with Crippen molar-refractivity contribution in [2.24, 2.45) is 0 Å². The summed E-state index contributed by atoms with van der Waals surface area (Å²) in [5.41, 5.74) is 1.44. The minimum atomic E-state index is -0.839. The van der Waals surface area contributed by atoms with Gasteiger partial charge in [0.1, 0.15) is 0 Å². The molecular formula is C13H20N2O2S. The Hall–Kier alpha value is -1.36. The van der Waals surface area contributed by atoms with Crippen molar-refractivity contribution in [2.45, 2.75) is 18.6 Å². The largest absolute Gasteiger partial charge is 0.387 e. The molecule has 2 unspecified atom stereocenters. The van der Waals surface area contributed by atoms with Gasteiger partial charge in [-0.3, -0.25) is 9.00 Å². The minimum Gasteiger partial charge on any atom is -0.387 e. The van der Waals surface area contributed by atoms with E-state index in [-0.39, 0.29) is 11.2 Å². The highest BCUT2D eigenvalue weighted by Crippen LogP contribution is 2.13. The average Bonchev–Trinajstić information content (AvgIpc) is 2.38. The molecule has 0 spiro atoms. The number of benzene rings is 1. The Kier molecular flexibility index (Phi) is 5.85. The lowest BCUT2D eigenvalue weighted by Crippen LogP contribution is -2.28. The smallest absolute Gasteiger partial charge is 0.253 e. The van der Waals surface area contributed by atoms with Crippen LogP contribution < -0.4 is 10.6 Å². The molecule has 2 atom stereocenters. The van der Waals surface area contributed by atoms with E-state index in [1.807, 2.05) is 25.1 Å². The monoisotopic (exact) mass is 268 g/mol. The van der Waals surface area contributed by atoms with Crippen LogP contribution in [-0.2, 0) is 10.8 Å². The first-order valence-electron chi connectivity index (χ1n) is 5.93. The van der Waals surface area contributed by atoms with Gasteiger partial charge < -0.3 is 10.6 Å². The van der Waals surface area contributed by atoms with E-state index in [2.05, 4.69) is 10.6 Å². The Morgan fingerprint density at radius 2 is 2.06 bits per heavy atom. The van der Waals surface area contributed by atoms with Gasteiger partial charge in [0, 0.05) is 41.6 Å². The van der Waals surface area contributed by atoms with E-state index in [9.17, 15) is 9.00 Å². The second-order valence-corrected chi connectivity index (χ2v) is 5.95. The van der Waals surface area contributed by atoms with Gasteiger partial charge in [-0.2, -0.15) is 0 Å². The molecule has 0 heterocycles. The molecule has 0 saturated heterocycles. The highest BCUT2D eigenvalue weighted by atomic mass is 32.2. The molecule has 100 valence electrons. The maximum atomic E-state index is 11.9. The Labute approximate surface area is 111 Å². The van der Waals surface area contributed by atoms with Crippen LogP contribution in [0.2, 0.25) is 0 Å². The van der Waals surface area contributed by atoms with Crippen LogP contribution in [0, 0.1) is 0 Å². The van der Waals surface area contributed by atoms with Crippen molar-refractivity contribution in [2.75, 3.05) is 25.2 Å². The van der Waals surface area contributed by atoms with Crippen molar-refractivity contribution in [3.8, 4) is 0 Å². The van der Waals surface area contributed by atoms with E-state index >= 15 is 0 Å². The van der Waals surface area contributed by atoms with Gasteiger partial charge in [-0.25, -0.2) is 0 Å². The molecular weight excluding hydrogens is 248 g/mol. The number of rotatable bonds is 6. The average molecular weight is 268 g/mol. The van der Waals surface area contributed by atoms with E-state index in [1.54, 1.807) is 19.4 Å². The molecule has 0 aromatic heterocycles. The molecule has 0 aliphatic heterocycles. The van der Waals surface area contributed by atoms with Crippen LogP contribution in [0.25, 0.3) is 0 Å². The molecule has 0 saturated carbocycles. The Balaban J connectivity index is 2.53. The first kappa shape index (κ1) is 14.7. The number of carbonyl (C=O) groups is 1. The first-order valence-corrected chi connectivity index (χ1v) is 7.55. The topological polar surface area (TPSA) is 58.2 Å². The molecule has 18 heavy (non-hydrogen) atoms. The highest BCUT2D eigenvalue weighted by Gasteiger charge is 2.11. The van der Waals surface area contributed by atoms with Crippen LogP contribution in [0.5, 0.6) is 0 Å². The van der Waals surface area contributed by atoms with Crippen molar-refractivity contribution in [3.63, 3.8) is 0 Å². The van der Waals surface area contributed by atoms with Gasteiger partial charge in [0.05, 0.1) is 5.56 Å². The summed E-state index contributed by atoms with van der Waals surface area (Å²) >= 11 is 0. The second kappa shape index (κ2) is 7.16. The first-order chi connectivity index (χ1) is 8.56. The van der Waals surface area contributed by atoms with Crippen molar-refractivity contribution < 1.29 is 9.00 Å². The van der Waals surface area contributed by atoms with Gasteiger partial charge >= 0.3 is 0 Å². The summed E-state index contributed by atoms with van der Waals surface area (Å²) < 4.78 is 11.2. The molecule has 0 aliphatic rings. The number of anilines is 1. The van der Waals surface area contributed by atoms with Crippen LogP contribution in [0.3, 0.4) is 0 Å². The number of para-hydroxylation sites is 1. The van der Waals surface area contributed by atoms with Crippen LogP contribution in [0.15, 0.2) is 24.3 Å². The fourth-order valence-electron chi connectivity index (χ4n) is 1.55. The zero-order valence-corrected chi connectivity index (χ0v) is 11.8.